The predicted molar refractivity (Wildman–Crippen MR) is 102 cm³/mol. The predicted octanol–water partition coefficient (Wildman–Crippen LogP) is 3.17. The van der Waals surface area contributed by atoms with Gasteiger partial charge in [0, 0.05) is 35.1 Å². The Morgan fingerprint density at radius 2 is 2.19 bits per heavy atom. The van der Waals surface area contributed by atoms with Crippen LogP contribution >= 0.6 is 11.3 Å². The van der Waals surface area contributed by atoms with Crippen molar-refractivity contribution in [1.82, 2.24) is 25.4 Å². The summed E-state index contributed by atoms with van der Waals surface area (Å²) < 4.78 is 0. The van der Waals surface area contributed by atoms with Crippen molar-refractivity contribution in [3.8, 4) is 10.6 Å². The van der Waals surface area contributed by atoms with E-state index in [4.69, 9.17) is 0 Å². The summed E-state index contributed by atoms with van der Waals surface area (Å²) in [4.78, 5) is 19.7. The fourth-order valence-corrected chi connectivity index (χ4v) is 4.94. The van der Waals surface area contributed by atoms with Gasteiger partial charge in [0.1, 0.15) is 5.01 Å². The minimum Gasteiger partial charge on any atom is -0.335 e. The van der Waals surface area contributed by atoms with E-state index in [9.17, 15) is 4.79 Å². The van der Waals surface area contributed by atoms with Crippen LogP contribution in [0.1, 0.15) is 35.4 Å². The van der Waals surface area contributed by atoms with Crippen LogP contribution < -0.4 is 5.32 Å². The second kappa shape index (κ2) is 6.17. The molecule has 3 aromatic rings. The third kappa shape index (κ3) is 2.71. The van der Waals surface area contributed by atoms with Gasteiger partial charge in [0.2, 0.25) is 0 Å². The zero-order valence-corrected chi connectivity index (χ0v) is 15.5. The lowest BCUT2D eigenvalue weighted by atomic mass is 9.86. The van der Waals surface area contributed by atoms with E-state index in [2.05, 4.69) is 25.4 Å². The number of nitrogens with zero attached hydrogens (tertiary/aromatic N) is 3. The molecule has 0 unspecified atom stereocenters. The molecule has 134 valence electrons. The van der Waals surface area contributed by atoms with E-state index in [1.165, 1.54) is 12.8 Å². The Kier molecular flexibility index (Phi) is 3.79. The van der Waals surface area contributed by atoms with Gasteiger partial charge in [-0.05, 0) is 44.2 Å². The SMILES string of the molecule is Cc1csc(-c2ccc3c(C(=O)N[C@@H]4CC5CCN4CC5)n[nH]c3c2)n1. The van der Waals surface area contributed by atoms with Gasteiger partial charge in [0.25, 0.3) is 5.91 Å². The Hall–Kier alpha value is -2.25. The van der Waals surface area contributed by atoms with Crippen LogP contribution in [0.25, 0.3) is 21.5 Å². The maximum atomic E-state index is 12.8. The molecule has 3 aliphatic rings. The van der Waals surface area contributed by atoms with Gasteiger partial charge >= 0.3 is 0 Å². The van der Waals surface area contributed by atoms with Crippen LogP contribution in [0.2, 0.25) is 0 Å². The van der Waals surface area contributed by atoms with Gasteiger partial charge < -0.3 is 5.32 Å². The van der Waals surface area contributed by atoms with E-state index < -0.39 is 0 Å². The Balaban J connectivity index is 1.39. The molecule has 6 nitrogen and oxygen atoms in total. The Morgan fingerprint density at radius 1 is 1.35 bits per heavy atom. The van der Waals surface area contributed by atoms with Crippen molar-refractivity contribution in [2.45, 2.75) is 32.4 Å². The van der Waals surface area contributed by atoms with E-state index in [0.29, 0.717) is 5.69 Å². The van der Waals surface area contributed by atoms with E-state index >= 15 is 0 Å². The molecule has 0 aliphatic carbocycles. The van der Waals surface area contributed by atoms with E-state index in [0.717, 1.165) is 52.6 Å². The van der Waals surface area contributed by atoms with Gasteiger partial charge in [0.15, 0.2) is 5.69 Å². The minimum absolute atomic E-state index is 0.0911. The number of amides is 1. The Bertz CT molecular complexity index is 969. The number of H-pyrrole nitrogens is 1. The second-order valence-corrected chi connectivity index (χ2v) is 8.19. The summed E-state index contributed by atoms with van der Waals surface area (Å²) in [6.07, 6.45) is 3.73. The molecule has 1 amide bonds. The fraction of sp³-hybridized carbons (Fsp3) is 0.421. The van der Waals surface area contributed by atoms with Gasteiger partial charge in [-0.3, -0.25) is 14.8 Å². The van der Waals surface area contributed by atoms with Crippen LogP contribution in [0.3, 0.4) is 0 Å². The molecular weight excluding hydrogens is 346 g/mol. The number of hydrogen-bond donors (Lipinski definition) is 2. The van der Waals surface area contributed by atoms with Gasteiger partial charge in [0.05, 0.1) is 11.7 Å². The number of benzene rings is 1. The minimum atomic E-state index is -0.0911. The van der Waals surface area contributed by atoms with Crippen molar-refractivity contribution in [3.63, 3.8) is 0 Å². The van der Waals surface area contributed by atoms with Crippen molar-refractivity contribution in [2.75, 3.05) is 13.1 Å². The molecule has 0 radical (unpaired) electrons. The highest BCUT2D eigenvalue weighted by molar-refractivity contribution is 7.13. The van der Waals surface area contributed by atoms with Crippen molar-refractivity contribution in [1.29, 1.82) is 0 Å². The van der Waals surface area contributed by atoms with E-state index in [-0.39, 0.29) is 12.1 Å². The molecule has 3 fully saturated rings. The van der Waals surface area contributed by atoms with Crippen LogP contribution in [0.4, 0.5) is 0 Å². The van der Waals surface area contributed by atoms with Crippen LogP contribution in [0, 0.1) is 12.8 Å². The molecule has 5 heterocycles. The number of nitrogens with one attached hydrogen (secondary N) is 2. The topological polar surface area (TPSA) is 73.9 Å². The van der Waals surface area contributed by atoms with E-state index in [1.54, 1.807) is 11.3 Å². The number of carbonyl (C=O) groups excluding carboxylic acids is 1. The summed E-state index contributed by atoms with van der Waals surface area (Å²) in [6, 6.07) is 6.00. The number of aryl methyl sites for hydroxylation is 1. The highest BCUT2D eigenvalue weighted by atomic mass is 32.1. The zero-order chi connectivity index (χ0) is 17.7. The molecule has 0 spiro atoms. The standard InChI is InChI=1S/C19H21N5OS/c1-11-10-26-19(20-11)13-2-3-14-15(9-13)22-23-17(14)18(25)21-16-8-12-4-6-24(16)7-5-12/h2-3,9-10,12,16H,4-8H2,1H3,(H,21,25)(H,22,23)/t16-/m0/s1. The summed E-state index contributed by atoms with van der Waals surface area (Å²) in [7, 11) is 0. The average Bonchev–Trinajstić information content (AvgIpc) is 3.28. The van der Waals surface area contributed by atoms with Crippen molar-refractivity contribution in [3.05, 3.63) is 35.0 Å². The number of fused-ring (bicyclic) bond motifs is 4. The summed E-state index contributed by atoms with van der Waals surface area (Å²) in [5, 5.41) is 14.4. The molecule has 3 aliphatic heterocycles. The van der Waals surface area contributed by atoms with Gasteiger partial charge in [-0.1, -0.05) is 6.07 Å². The van der Waals surface area contributed by atoms with Crippen LogP contribution in [0.5, 0.6) is 0 Å². The quantitative estimate of drug-likeness (QED) is 0.746. The number of hydrogen-bond acceptors (Lipinski definition) is 5. The third-order valence-corrected chi connectivity index (χ3v) is 6.60. The Morgan fingerprint density at radius 3 is 2.88 bits per heavy atom. The fourth-order valence-electron chi connectivity index (χ4n) is 4.15. The van der Waals surface area contributed by atoms with Crippen LogP contribution in [-0.4, -0.2) is 45.2 Å². The number of carbonyl (C=O) groups is 1. The number of aromatic nitrogens is 3. The molecule has 1 atom stereocenters. The van der Waals surface area contributed by atoms with Gasteiger partial charge in [-0.2, -0.15) is 5.10 Å². The van der Waals surface area contributed by atoms with Crippen LogP contribution in [0.15, 0.2) is 23.6 Å². The normalized spacial score (nSPS) is 24.9. The molecule has 0 saturated carbocycles. The van der Waals surface area contributed by atoms with Crippen molar-refractivity contribution in [2.24, 2.45) is 5.92 Å². The lowest BCUT2D eigenvalue weighted by molar-refractivity contribution is 0.0294. The smallest absolute Gasteiger partial charge is 0.273 e. The third-order valence-electron chi connectivity index (χ3n) is 5.59. The molecule has 2 bridgehead atoms. The van der Waals surface area contributed by atoms with Crippen molar-refractivity contribution < 1.29 is 4.79 Å². The van der Waals surface area contributed by atoms with E-state index in [1.807, 2.05) is 30.5 Å². The molecular formula is C19H21N5OS. The lowest BCUT2D eigenvalue weighted by Crippen LogP contribution is -2.56. The zero-order valence-electron chi connectivity index (χ0n) is 14.7. The number of aromatic amines is 1. The van der Waals surface area contributed by atoms with Crippen LogP contribution in [-0.2, 0) is 0 Å². The van der Waals surface area contributed by atoms with Crippen molar-refractivity contribution >= 4 is 28.1 Å². The maximum Gasteiger partial charge on any atom is 0.273 e. The molecule has 26 heavy (non-hydrogen) atoms. The number of thiazole rings is 1. The lowest BCUT2D eigenvalue weighted by Gasteiger charge is -2.45. The molecule has 7 heteroatoms. The molecule has 1 aromatic carbocycles. The highest BCUT2D eigenvalue weighted by Crippen LogP contribution is 2.31. The molecule has 3 saturated heterocycles. The summed E-state index contributed by atoms with van der Waals surface area (Å²) in [5.74, 6) is 0.664. The molecule has 2 N–H and O–H groups in total. The summed E-state index contributed by atoms with van der Waals surface area (Å²) >= 11 is 1.62. The monoisotopic (exact) mass is 367 g/mol. The second-order valence-electron chi connectivity index (χ2n) is 7.33. The summed E-state index contributed by atoms with van der Waals surface area (Å²) in [5.41, 5.74) is 3.41. The average molecular weight is 367 g/mol. The molecule has 2 aromatic heterocycles. The highest BCUT2D eigenvalue weighted by Gasteiger charge is 2.34. The largest absolute Gasteiger partial charge is 0.335 e. The Labute approximate surface area is 155 Å². The first kappa shape index (κ1) is 16.0. The molecule has 6 rings (SSSR count). The van der Waals surface area contributed by atoms with Gasteiger partial charge in [-0.15, -0.1) is 11.3 Å². The van der Waals surface area contributed by atoms with Gasteiger partial charge in [-0.25, -0.2) is 4.98 Å². The first-order valence-corrected chi connectivity index (χ1v) is 10.0. The first-order chi connectivity index (χ1) is 12.7. The maximum absolute atomic E-state index is 12.8. The summed E-state index contributed by atoms with van der Waals surface area (Å²) in [6.45, 7) is 4.17. The first-order valence-electron chi connectivity index (χ1n) is 9.13. The number of piperidine rings is 3. The number of rotatable bonds is 3.